The third kappa shape index (κ3) is 4.10. The van der Waals surface area contributed by atoms with E-state index in [1.54, 1.807) is 0 Å². The first kappa shape index (κ1) is 13.6. The molecule has 100 valence electrons. The number of nitrogens with one attached hydrogen (secondary N) is 1. The van der Waals surface area contributed by atoms with Crippen molar-refractivity contribution in [3.05, 3.63) is 52.2 Å². The van der Waals surface area contributed by atoms with Crippen molar-refractivity contribution in [2.45, 2.75) is 13.3 Å². The molecular formula is C15H17NO2S. The van der Waals surface area contributed by atoms with E-state index in [2.05, 4.69) is 18.3 Å². The van der Waals surface area contributed by atoms with Gasteiger partial charge < -0.3 is 10.1 Å². The van der Waals surface area contributed by atoms with Crippen LogP contribution in [-0.2, 0) is 6.42 Å². The fourth-order valence-electron chi connectivity index (χ4n) is 1.68. The first-order valence-electron chi connectivity index (χ1n) is 6.33. The van der Waals surface area contributed by atoms with Gasteiger partial charge in [0, 0.05) is 0 Å². The molecule has 0 saturated heterocycles. The molecule has 0 atom stereocenters. The molecule has 1 aromatic heterocycles. The number of carbonyl (C=O) groups is 1. The van der Waals surface area contributed by atoms with E-state index >= 15 is 0 Å². The van der Waals surface area contributed by atoms with Gasteiger partial charge in [0.15, 0.2) is 0 Å². The molecule has 2 rings (SSSR count). The molecule has 0 aliphatic carbocycles. The number of benzene rings is 1. The Morgan fingerprint density at radius 3 is 2.95 bits per heavy atom. The van der Waals surface area contributed by atoms with E-state index in [9.17, 15) is 4.79 Å². The first-order valence-corrected chi connectivity index (χ1v) is 7.21. The summed E-state index contributed by atoms with van der Waals surface area (Å²) in [7, 11) is 0. The lowest BCUT2D eigenvalue weighted by atomic mass is 10.2. The van der Waals surface area contributed by atoms with Gasteiger partial charge in [0.05, 0.1) is 11.4 Å². The average molecular weight is 275 g/mol. The molecular weight excluding hydrogens is 258 g/mol. The van der Waals surface area contributed by atoms with Crippen LogP contribution in [0.3, 0.4) is 0 Å². The summed E-state index contributed by atoms with van der Waals surface area (Å²) in [5.41, 5.74) is 1.25. The standard InChI is InChI=1S/C15H17NO2S/c1-2-12-5-3-6-13(11-12)18-9-8-16-15(17)14-7-4-10-19-14/h3-7,10-11H,2,8-9H2,1H3,(H,16,17). The fourth-order valence-corrected chi connectivity index (χ4v) is 2.32. The molecule has 0 spiro atoms. The monoisotopic (exact) mass is 275 g/mol. The van der Waals surface area contributed by atoms with Crippen LogP contribution in [0.2, 0.25) is 0 Å². The van der Waals surface area contributed by atoms with Crippen LogP contribution < -0.4 is 10.1 Å². The number of aryl methyl sites for hydroxylation is 1. The second-order valence-electron chi connectivity index (χ2n) is 4.08. The Labute approximate surface area is 117 Å². The summed E-state index contributed by atoms with van der Waals surface area (Å²) in [6.07, 6.45) is 0.992. The number of ether oxygens (including phenoxy) is 1. The number of thiophene rings is 1. The van der Waals surface area contributed by atoms with Crippen molar-refractivity contribution in [1.29, 1.82) is 0 Å². The zero-order valence-corrected chi connectivity index (χ0v) is 11.7. The van der Waals surface area contributed by atoms with E-state index in [0.29, 0.717) is 13.2 Å². The molecule has 0 aliphatic heterocycles. The van der Waals surface area contributed by atoms with E-state index in [0.717, 1.165) is 17.0 Å². The number of carbonyl (C=O) groups excluding carboxylic acids is 1. The highest BCUT2D eigenvalue weighted by molar-refractivity contribution is 7.12. The number of hydrogen-bond donors (Lipinski definition) is 1. The highest BCUT2D eigenvalue weighted by Gasteiger charge is 2.04. The van der Waals surface area contributed by atoms with Crippen molar-refractivity contribution in [3.8, 4) is 5.75 Å². The van der Waals surface area contributed by atoms with Crippen molar-refractivity contribution in [3.63, 3.8) is 0 Å². The topological polar surface area (TPSA) is 38.3 Å². The van der Waals surface area contributed by atoms with Crippen LogP contribution in [-0.4, -0.2) is 19.1 Å². The molecule has 1 heterocycles. The molecule has 0 fully saturated rings. The maximum atomic E-state index is 11.7. The number of hydrogen-bond acceptors (Lipinski definition) is 3. The van der Waals surface area contributed by atoms with Crippen molar-refractivity contribution >= 4 is 17.2 Å². The molecule has 1 aromatic carbocycles. The maximum absolute atomic E-state index is 11.7. The summed E-state index contributed by atoms with van der Waals surface area (Å²) >= 11 is 1.44. The minimum absolute atomic E-state index is 0.0408. The van der Waals surface area contributed by atoms with E-state index in [-0.39, 0.29) is 5.91 Å². The van der Waals surface area contributed by atoms with Gasteiger partial charge in [0.2, 0.25) is 0 Å². The van der Waals surface area contributed by atoms with Gasteiger partial charge in [-0.1, -0.05) is 25.1 Å². The van der Waals surface area contributed by atoms with Crippen LogP contribution in [0.1, 0.15) is 22.2 Å². The van der Waals surface area contributed by atoms with Gasteiger partial charge in [-0.25, -0.2) is 0 Å². The Bertz CT molecular complexity index is 523. The maximum Gasteiger partial charge on any atom is 0.261 e. The van der Waals surface area contributed by atoms with Gasteiger partial charge in [-0.15, -0.1) is 11.3 Å². The molecule has 19 heavy (non-hydrogen) atoms. The molecule has 4 heteroatoms. The second-order valence-corrected chi connectivity index (χ2v) is 5.03. The van der Waals surface area contributed by atoms with Gasteiger partial charge in [-0.2, -0.15) is 0 Å². The van der Waals surface area contributed by atoms with Crippen molar-refractivity contribution in [2.24, 2.45) is 0 Å². The van der Waals surface area contributed by atoms with Crippen LogP contribution in [0.5, 0.6) is 5.75 Å². The molecule has 1 amide bonds. The van der Waals surface area contributed by atoms with Crippen LogP contribution in [0.25, 0.3) is 0 Å². The van der Waals surface area contributed by atoms with Crippen LogP contribution in [0.4, 0.5) is 0 Å². The van der Waals surface area contributed by atoms with Crippen molar-refractivity contribution in [2.75, 3.05) is 13.2 Å². The molecule has 0 radical (unpaired) electrons. The molecule has 0 bridgehead atoms. The predicted molar refractivity (Wildman–Crippen MR) is 78.0 cm³/mol. The van der Waals surface area contributed by atoms with Crippen molar-refractivity contribution in [1.82, 2.24) is 5.32 Å². The zero-order valence-electron chi connectivity index (χ0n) is 10.9. The average Bonchev–Trinajstić information content (AvgIpc) is 2.98. The van der Waals surface area contributed by atoms with Gasteiger partial charge in [-0.05, 0) is 35.6 Å². The largest absolute Gasteiger partial charge is 0.492 e. The molecule has 1 N–H and O–H groups in total. The summed E-state index contributed by atoms with van der Waals surface area (Å²) in [4.78, 5) is 12.4. The number of rotatable bonds is 6. The smallest absolute Gasteiger partial charge is 0.261 e. The summed E-state index contributed by atoms with van der Waals surface area (Å²) in [5, 5.41) is 4.72. The summed E-state index contributed by atoms with van der Waals surface area (Å²) in [6, 6.07) is 11.7. The molecule has 2 aromatic rings. The van der Waals surface area contributed by atoms with Crippen LogP contribution in [0.15, 0.2) is 41.8 Å². The van der Waals surface area contributed by atoms with Gasteiger partial charge in [-0.3, -0.25) is 4.79 Å². The zero-order chi connectivity index (χ0) is 13.5. The van der Waals surface area contributed by atoms with Crippen molar-refractivity contribution < 1.29 is 9.53 Å². The Morgan fingerprint density at radius 1 is 1.32 bits per heavy atom. The third-order valence-corrected chi connectivity index (χ3v) is 3.58. The van der Waals surface area contributed by atoms with Gasteiger partial charge in [0.1, 0.15) is 12.4 Å². The lowest BCUT2D eigenvalue weighted by Crippen LogP contribution is -2.27. The molecule has 0 saturated carbocycles. The number of amides is 1. The predicted octanol–water partition coefficient (Wildman–Crippen LogP) is 3.12. The quantitative estimate of drug-likeness (QED) is 0.823. The second kappa shape index (κ2) is 6.95. The molecule has 0 aliphatic rings. The highest BCUT2D eigenvalue weighted by atomic mass is 32.1. The van der Waals surface area contributed by atoms with Crippen LogP contribution in [0, 0.1) is 0 Å². The Morgan fingerprint density at radius 2 is 2.21 bits per heavy atom. The Hall–Kier alpha value is -1.81. The van der Waals surface area contributed by atoms with Gasteiger partial charge in [0.25, 0.3) is 5.91 Å². The van der Waals surface area contributed by atoms with E-state index < -0.39 is 0 Å². The molecule has 3 nitrogen and oxygen atoms in total. The summed E-state index contributed by atoms with van der Waals surface area (Å²) < 4.78 is 5.60. The summed E-state index contributed by atoms with van der Waals surface area (Å²) in [5.74, 6) is 0.811. The lowest BCUT2D eigenvalue weighted by molar-refractivity contribution is 0.0951. The van der Waals surface area contributed by atoms with E-state index in [1.807, 2.05) is 35.7 Å². The molecule has 0 unspecified atom stereocenters. The Kier molecular flexibility index (Phi) is 4.98. The highest BCUT2D eigenvalue weighted by Crippen LogP contribution is 2.13. The Balaban J connectivity index is 1.73. The SMILES string of the molecule is CCc1cccc(OCCNC(=O)c2cccs2)c1. The van der Waals surface area contributed by atoms with Crippen LogP contribution >= 0.6 is 11.3 Å². The fraction of sp³-hybridized carbons (Fsp3) is 0.267. The lowest BCUT2D eigenvalue weighted by Gasteiger charge is -2.08. The normalized spacial score (nSPS) is 10.2. The minimum Gasteiger partial charge on any atom is -0.492 e. The minimum atomic E-state index is -0.0408. The van der Waals surface area contributed by atoms with E-state index in [1.165, 1.54) is 16.9 Å². The summed E-state index contributed by atoms with van der Waals surface area (Å²) in [6.45, 7) is 3.09. The van der Waals surface area contributed by atoms with Gasteiger partial charge >= 0.3 is 0 Å². The third-order valence-electron chi connectivity index (χ3n) is 2.71. The first-order chi connectivity index (χ1) is 9.29. The van der Waals surface area contributed by atoms with E-state index in [4.69, 9.17) is 4.74 Å².